The summed E-state index contributed by atoms with van der Waals surface area (Å²) in [6.45, 7) is 3.81. The van der Waals surface area contributed by atoms with Crippen molar-refractivity contribution in [2.75, 3.05) is 28.6 Å². The van der Waals surface area contributed by atoms with Gasteiger partial charge in [0, 0.05) is 18.1 Å². The number of nitrogens with zero attached hydrogens (tertiary/aromatic N) is 2. The summed E-state index contributed by atoms with van der Waals surface area (Å²) in [5, 5.41) is 15.9. The number of halogens is 1. The summed E-state index contributed by atoms with van der Waals surface area (Å²) in [6.07, 6.45) is 3.59. The summed E-state index contributed by atoms with van der Waals surface area (Å²) in [6, 6.07) is 14.3. The van der Waals surface area contributed by atoms with Crippen molar-refractivity contribution in [3.63, 3.8) is 0 Å². The zero-order chi connectivity index (χ0) is 19.2. The lowest BCUT2D eigenvalue weighted by Gasteiger charge is -2.31. The van der Waals surface area contributed by atoms with Gasteiger partial charge in [0.05, 0.1) is 22.6 Å². The third-order valence-corrected chi connectivity index (χ3v) is 4.96. The Balaban J connectivity index is 1.75. The van der Waals surface area contributed by atoms with E-state index in [1.807, 2.05) is 18.2 Å². The second-order valence-electron chi connectivity index (χ2n) is 6.72. The smallest absolute Gasteiger partial charge is 0.246 e. The van der Waals surface area contributed by atoms with E-state index in [2.05, 4.69) is 21.6 Å². The number of piperidine rings is 1. The van der Waals surface area contributed by atoms with E-state index in [-0.39, 0.29) is 5.91 Å². The first-order valence-electron chi connectivity index (χ1n) is 9.19. The maximum atomic E-state index is 12.6. The van der Waals surface area contributed by atoms with Gasteiger partial charge in [-0.2, -0.15) is 5.26 Å². The third kappa shape index (κ3) is 4.72. The molecule has 1 saturated heterocycles. The highest BCUT2D eigenvalue weighted by molar-refractivity contribution is 6.31. The quantitative estimate of drug-likeness (QED) is 0.790. The molecule has 2 N–H and O–H groups in total. The van der Waals surface area contributed by atoms with Crippen LogP contribution in [0.5, 0.6) is 0 Å². The fraction of sp³-hybridized carbons (Fsp3) is 0.333. The number of benzene rings is 2. The number of carbonyl (C=O) groups excluding carboxylic acids is 1. The molecule has 1 atom stereocenters. The number of nitriles is 1. The monoisotopic (exact) mass is 382 g/mol. The highest BCUT2D eigenvalue weighted by Crippen LogP contribution is 2.31. The molecule has 3 rings (SSSR count). The minimum Gasteiger partial charge on any atom is -0.372 e. The van der Waals surface area contributed by atoms with Crippen LogP contribution in [0, 0.1) is 11.3 Å². The molecule has 1 heterocycles. The predicted molar refractivity (Wildman–Crippen MR) is 110 cm³/mol. The lowest BCUT2D eigenvalue weighted by atomic mass is 10.1. The lowest BCUT2D eigenvalue weighted by Crippen LogP contribution is -2.34. The molecule has 1 aliphatic rings. The largest absolute Gasteiger partial charge is 0.372 e. The second-order valence-corrected chi connectivity index (χ2v) is 7.16. The fourth-order valence-electron chi connectivity index (χ4n) is 3.26. The summed E-state index contributed by atoms with van der Waals surface area (Å²) in [5.41, 5.74) is 2.87. The number of amides is 1. The van der Waals surface area contributed by atoms with E-state index in [1.54, 1.807) is 31.2 Å². The topological polar surface area (TPSA) is 68.2 Å². The zero-order valence-electron chi connectivity index (χ0n) is 15.3. The number of carbonyl (C=O) groups is 1. The summed E-state index contributed by atoms with van der Waals surface area (Å²) in [7, 11) is 0. The molecule has 2 aromatic carbocycles. The Kier molecular flexibility index (Phi) is 6.20. The first kappa shape index (κ1) is 19.1. The van der Waals surface area contributed by atoms with Gasteiger partial charge in [0.15, 0.2) is 0 Å². The van der Waals surface area contributed by atoms with Gasteiger partial charge in [-0.05, 0) is 56.5 Å². The van der Waals surface area contributed by atoms with Crippen LogP contribution in [0.3, 0.4) is 0 Å². The van der Waals surface area contributed by atoms with E-state index in [0.717, 1.165) is 24.5 Å². The Hall–Kier alpha value is -2.71. The van der Waals surface area contributed by atoms with Gasteiger partial charge in [0.2, 0.25) is 5.91 Å². The van der Waals surface area contributed by atoms with Gasteiger partial charge >= 0.3 is 0 Å². The summed E-state index contributed by atoms with van der Waals surface area (Å²) in [4.78, 5) is 15.0. The molecular weight excluding hydrogens is 360 g/mol. The second kappa shape index (κ2) is 8.79. The molecule has 140 valence electrons. The van der Waals surface area contributed by atoms with Crippen molar-refractivity contribution in [1.29, 1.82) is 5.26 Å². The third-order valence-electron chi connectivity index (χ3n) is 4.73. The molecule has 0 bridgehead atoms. The van der Waals surface area contributed by atoms with Gasteiger partial charge in [-0.25, -0.2) is 0 Å². The summed E-state index contributed by atoms with van der Waals surface area (Å²) >= 11 is 6.19. The summed E-state index contributed by atoms with van der Waals surface area (Å²) in [5.74, 6) is -0.206. The van der Waals surface area contributed by atoms with E-state index in [4.69, 9.17) is 11.6 Å². The van der Waals surface area contributed by atoms with E-state index >= 15 is 0 Å². The molecule has 27 heavy (non-hydrogen) atoms. The van der Waals surface area contributed by atoms with Crippen LogP contribution in [0.15, 0.2) is 42.5 Å². The molecular formula is C21H23ClN4O. The number of para-hydroxylation sites is 1. The Morgan fingerprint density at radius 2 is 1.89 bits per heavy atom. The zero-order valence-corrected chi connectivity index (χ0v) is 16.1. The van der Waals surface area contributed by atoms with E-state index in [9.17, 15) is 10.1 Å². The number of rotatable bonds is 5. The van der Waals surface area contributed by atoms with Crippen LogP contribution in [-0.2, 0) is 4.79 Å². The van der Waals surface area contributed by atoms with Crippen LogP contribution < -0.4 is 15.5 Å². The van der Waals surface area contributed by atoms with E-state index < -0.39 is 6.04 Å². The van der Waals surface area contributed by atoms with E-state index in [1.165, 1.54) is 19.3 Å². The summed E-state index contributed by atoms with van der Waals surface area (Å²) < 4.78 is 0. The normalized spacial score (nSPS) is 14.9. The van der Waals surface area contributed by atoms with Crippen LogP contribution >= 0.6 is 11.6 Å². The maximum absolute atomic E-state index is 12.6. The standard InChI is InChI=1S/C21H23ClN4O/c1-15(21(27)25-18-8-4-3-7-16(18)14-23)24-19-13-17(22)9-10-20(19)26-11-5-2-6-12-26/h3-4,7-10,13,15,24H,2,5-6,11-12H2,1H3,(H,25,27)/t15-/m0/s1. The Labute approximate surface area is 164 Å². The van der Waals surface area contributed by atoms with Gasteiger partial charge in [-0.15, -0.1) is 0 Å². The predicted octanol–water partition coefficient (Wildman–Crippen LogP) is 4.64. The Bertz CT molecular complexity index is 856. The first-order valence-corrected chi connectivity index (χ1v) is 9.57. The van der Waals surface area contributed by atoms with Crippen molar-refractivity contribution in [3.05, 3.63) is 53.1 Å². The number of nitrogens with one attached hydrogen (secondary N) is 2. The van der Waals surface area contributed by atoms with E-state index in [0.29, 0.717) is 16.3 Å². The number of hydrogen-bond donors (Lipinski definition) is 2. The molecule has 1 amide bonds. The van der Waals surface area contributed by atoms with Crippen LogP contribution in [-0.4, -0.2) is 25.0 Å². The molecule has 1 fully saturated rings. The van der Waals surface area contributed by atoms with Gasteiger partial charge in [-0.1, -0.05) is 23.7 Å². The molecule has 0 aromatic heterocycles. The number of hydrogen-bond acceptors (Lipinski definition) is 4. The van der Waals surface area contributed by atoms with Crippen LogP contribution in [0.25, 0.3) is 0 Å². The molecule has 1 aliphatic heterocycles. The molecule has 6 heteroatoms. The minimum atomic E-state index is -0.487. The van der Waals surface area contributed by atoms with Crippen molar-refractivity contribution in [2.45, 2.75) is 32.2 Å². The van der Waals surface area contributed by atoms with Crippen molar-refractivity contribution in [2.24, 2.45) is 0 Å². The van der Waals surface area contributed by atoms with Crippen molar-refractivity contribution in [1.82, 2.24) is 0 Å². The highest BCUT2D eigenvalue weighted by atomic mass is 35.5. The van der Waals surface area contributed by atoms with Gasteiger partial charge in [0.1, 0.15) is 12.1 Å². The van der Waals surface area contributed by atoms with Crippen LogP contribution in [0.2, 0.25) is 5.02 Å². The Morgan fingerprint density at radius 3 is 2.63 bits per heavy atom. The van der Waals surface area contributed by atoms with Crippen molar-refractivity contribution in [3.8, 4) is 6.07 Å². The molecule has 0 aliphatic carbocycles. The molecule has 0 radical (unpaired) electrons. The van der Waals surface area contributed by atoms with Crippen molar-refractivity contribution < 1.29 is 4.79 Å². The van der Waals surface area contributed by atoms with Crippen LogP contribution in [0.1, 0.15) is 31.7 Å². The molecule has 2 aromatic rings. The van der Waals surface area contributed by atoms with Gasteiger partial charge < -0.3 is 15.5 Å². The molecule has 5 nitrogen and oxygen atoms in total. The first-order chi connectivity index (χ1) is 13.1. The average molecular weight is 383 g/mol. The lowest BCUT2D eigenvalue weighted by molar-refractivity contribution is -0.116. The highest BCUT2D eigenvalue weighted by Gasteiger charge is 2.19. The van der Waals surface area contributed by atoms with Crippen LogP contribution in [0.4, 0.5) is 17.1 Å². The SMILES string of the molecule is C[C@H](Nc1cc(Cl)ccc1N1CCCCC1)C(=O)Nc1ccccc1C#N. The minimum absolute atomic E-state index is 0.206. The number of anilines is 3. The maximum Gasteiger partial charge on any atom is 0.246 e. The molecule has 0 spiro atoms. The molecule has 0 unspecified atom stereocenters. The average Bonchev–Trinajstić information content (AvgIpc) is 2.69. The van der Waals surface area contributed by atoms with Gasteiger partial charge in [-0.3, -0.25) is 4.79 Å². The van der Waals surface area contributed by atoms with Gasteiger partial charge in [0.25, 0.3) is 0 Å². The fourth-order valence-corrected chi connectivity index (χ4v) is 3.44. The Morgan fingerprint density at radius 1 is 1.15 bits per heavy atom. The van der Waals surface area contributed by atoms with Crippen molar-refractivity contribution >= 4 is 34.6 Å². The molecule has 0 saturated carbocycles.